The summed E-state index contributed by atoms with van der Waals surface area (Å²) in [5.74, 6) is 0. The Hall–Kier alpha value is -3.02. The van der Waals surface area contributed by atoms with E-state index in [1.165, 1.54) is 0 Å². The molecule has 0 spiro atoms. The van der Waals surface area contributed by atoms with Gasteiger partial charge in [-0.2, -0.15) is 4.79 Å². The van der Waals surface area contributed by atoms with Gasteiger partial charge in [-0.25, -0.2) is 24.0 Å². The highest BCUT2D eigenvalue weighted by Gasteiger charge is 2.65. The molecule has 0 bridgehead atoms. The number of hydrogen-bond acceptors (Lipinski definition) is 6. The summed E-state index contributed by atoms with van der Waals surface area (Å²) >= 11 is 0. The smallest absolute Gasteiger partial charge is 0.464 e. The third kappa shape index (κ3) is 1.66. The molecule has 1 fully saturated rings. The molecule has 9 amide bonds. The Balaban J connectivity index is 3.54. The minimum absolute atomic E-state index is 0.450. The van der Waals surface area contributed by atoms with Gasteiger partial charge in [-0.1, -0.05) is 4.48 Å². The molecule has 0 aliphatic carbocycles. The van der Waals surface area contributed by atoms with Gasteiger partial charge in [-0.15, -0.1) is 9.80 Å². The molecule has 19 heavy (non-hydrogen) atoms. The van der Waals surface area contributed by atoms with Gasteiger partial charge in [0, 0.05) is 0 Å². The lowest BCUT2D eigenvalue weighted by atomic mass is 10.4. The predicted octanol–water partition coefficient (Wildman–Crippen LogP) is 0.445. The molecule has 1 heterocycles. The normalized spacial score (nSPS) is 18.5. The van der Waals surface area contributed by atoms with Crippen LogP contribution < -0.4 is 0 Å². The van der Waals surface area contributed by atoms with Crippen LogP contribution in [0.4, 0.5) is 28.8 Å². The SMILES string of the molecule is C[N+]1(C(=O)O)C(=O)N(C(=O)O)C(=O)N(C(=O)O)C1=O. The molecule has 1 aliphatic rings. The Bertz CT molecular complexity index is 502. The van der Waals surface area contributed by atoms with Crippen LogP contribution >= 0.6 is 0 Å². The van der Waals surface area contributed by atoms with Crippen LogP contribution in [-0.2, 0) is 0 Å². The van der Waals surface area contributed by atoms with Crippen LogP contribution in [0, 0.1) is 0 Å². The fourth-order valence-electron chi connectivity index (χ4n) is 1.24. The van der Waals surface area contributed by atoms with Crippen molar-refractivity contribution < 1.29 is 48.6 Å². The zero-order valence-electron chi connectivity index (χ0n) is 9.13. The van der Waals surface area contributed by atoms with Crippen LogP contribution in [0.15, 0.2) is 0 Å². The standard InChI is InChI=1S/C7H5N3O9/c1-10(7(18)19)3(12)8(5(14)15)2(11)9(4(10)13)6(16)17/h1H3,(H2-,14,15,16,17,18,19)/p+1. The highest BCUT2D eigenvalue weighted by atomic mass is 16.4. The Morgan fingerprint density at radius 2 is 1.21 bits per heavy atom. The number of imide groups is 9. The summed E-state index contributed by atoms with van der Waals surface area (Å²) in [6.45, 7) is 0. The Kier molecular flexibility index (Phi) is 2.97. The van der Waals surface area contributed by atoms with Crippen LogP contribution in [0.1, 0.15) is 0 Å². The van der Waals surface area contributed by atoms with Crippen molar-refractivity contribution in [3.8, 4) is 0 Å². The second-order valence-corrected chi connectivity index (χ2v) is 3.37. The van der Waals surface area contributed by atoms with E-state index in [1.54, 1.807) is 0 Å². The van der Waals surface area contributed by atoms with E-state index >= 15 is 0 Å². The number of carbonyl (C=O) groups excluding carboxylic acids is 3. The minimum atomic E-state index is -2.25. The third-order valence-electron chi connectivity index (χ3n) is 2.30. The van der Waals surface area contributed by atoms with Gasteiger partial charge in [-0.3, -0.25) is 0 Å². The molecule has 3 N–H and O–H groups in total. The van der Waals surface area contributed by atoms with Gasteiger partial charge in [0.05, 0.1) is 7.05 Å². The van der Waals surface area contributed by atoms with Crippen LogP contribution in [0.2, 0.25) is 0 Å². The predicted molar refractivity (Wildman–Crippen MR) is 50.1 cm³/mol. The van der Waals surface area contributed by atoms with E-state index in [1.807, 2.05) is 0 Å². The molecule has 0 saturated carbocycles. The van der Waals surface area contributed by atoms with E-state index in [0.29, 0.717) is 7.05 Å². The summed E-state index contributed by atoms with van der Waals surface area (Å²) in [5, 5.41) is 26.1. The number of carbonyl (C=O) groups is 6. The number of carboxylic acid groups (broad SMARTS) is 3. The largest absolute Gasteiger partial charge is 0.531 e. The van der Waals surface area contributed by atoms with E-state index in [2.05, 4.69) is 0 Å². The number of quaternary nitrogens is 1. The van der Waals surface area contributed by atoms with E-state index in [-0.39, 0.29) is 0 Å². The average Bonchev–Trinajstić information content (AvgIpc) is 2.24. The van der Waals surface area contributed by atoms with Gasteiger partial charge in [0.1, 0.15) is 0 Å². The summed E-state index contributed by atoms with van der Waals surface area (Å²) in [4.78, 5) is 65.6. The van der Waals surface area contributed by atoms with Crippen molar-refractivity contribution in [2.75, 3.05) is 7.05 Å². The monoisotopic (exact) mass is 276 g/mol. The first-order valence-electron chi connectivity index (χ1n) is 4.36. The zero-order chi connectivity index (χ0) is 15.1. The quantitative estimate of drug-likeness (QED) is 0.531. The lowest BCUT2D eigenvalue weighted by molar-refractivity contribution is -0.676. The molecule has 0 aromatic heterocycles. The Morgan fingerprint density at radius 1 is 0.895 bits per heavy atom. The van der Waals surface area contributed by atoms with Crippen LogP contribution in [0.3, 0.4) is 0 Å². The summed E-state index contributed by atoms with van der Waals surface area (Å²) < 4.78 is -2.25. The molecule has 12 heteroatoms. The second-order valence-electron chi connectivity index (χ2n) is 3.37. The maximum Gasteiger partial charge on any atom is 0.531 e. The lowest BCUT2D eigenvalue weighted by Gasteiger charge is -2.33. The first-order valence-corrected chi connectivity index (χ1v) is 4.36. The lowest BCUT2D eigenvalue weighted by Crippen LogP contribution is -2.74. The topological polar surface area (TPSA) is 170 Å². The highest BCUT2D eigenvalue weighted by molar-refractivity contribution is 6.21. The van der Waals surface area contributed by atoms with Crippen LogP contribution in [-0.4, -0.2) is 73.0 Å². The van der Waals surface area contributed by atoms with Crippen molar-refractivity contribution in [1.82, 2.24) is 9.80 Å². The third-order valence-corrected chi connectivity index (χ3v) is 2.30. The molecule has 0 aromatic carbocycles. The van der Waals surface area contributed by atoms with Gasteiger partial charge in [0.15, 0.2) is 0 Å². The van der Waals surface area contributed by atoms with Gasteiger partial charge >= 0.3 is 36.4 Å². The first-order chi connectivity index (χ1) is 8.56. The fraction of sp³-hybridized carbons (Fsp3) is 0.143. The zero-order valence-corrected chi connectivity index (χ0v) is 9.13. The molecule has 0 radical (unpaired) electrons. The summed E-state index contributed by atoms with van der Waals surface area (Å²) in [5.41, 5.74) is 0. The van der Waals surface area contributed by atoms with Crippen molar-refractivity contribution in [3.05, 3.63) is 0 Å². The van der Waals surface area contributed by atoms with Crippen molar-refractivity contribution in [1.29, 1.82) is 0 Å². The summed E-state index contributed by atoms with van der Waals surface area (Å²) in [6, 6.07) is -5.80. The molecule has 0 aromatic rings. The summed E-state index contributed by atoms with van der Waals surface area (Å²) in [6.07, 6.45) is -6.56. The van der Waals surface area contributed by atoms with Crippen LogP contribution in [0.5, 0.6) is 0 Å². The van der Waals surface area contributed by atoms with Gasteiger partial charge < -0.3 is 15.3 Å². The van der Waals surface area contributed by atoms with E-state index in [4.69, 9.17) is 15.3 Å². The Morgan fingerprint density at radius 3 is 1.42 bits per heavy atom. The molecule has 0 unspecified atom stereocenters. The van der Waals surface area contributed by atoms with Gasteiger partial charge in [0.2, 0.25) is 0 Å². The number of rotatable bonds is 0. The van der Waals surface area contributed by atoms with Gasteiger partial charge in [0.25, 0.3) is 0 Å². The van der Waals surface area contributed by atoms with Gasteiger partial charge in [-0.05, 0) is 0 Å². The molecule has 102 valence electrons. The molecule has 0 atom stereocenters. The number of amides is 9. The first kappa shape index (κ1) is 14.0. The molecule has 12 nitrogen and oxygen atoms in total. The van der Waals surface area contributed by atoms with E-state index in [0.717, 1.165) is 0 Å². The van der Waals surface area contributed by atoms with Crippen LogP contribution in [0.25, 0.3) is 0 Å². The molecular formula is C7H6N3O9+. The molecular weight excluding hydrogens is 270 g/mol. The van der Waals surface area contributed by atoms with E-state index < -0.39 is 50.7 Å². The molecule has 1 saturated heterocycles. The fourth-order valence-corrected chi connectivity index (χ4v) is 1.24. The van der Waals surface area contributed by atoms with E-state index in [9.17, 15) is 28.8 Å². The second kappa shape index (κ2) is 4.02. The minimum Gasteiger partial charge on any atom is -0.464 e. The number of urea groups is 3. The van der Waals surface area contributed by atoms with Crippen molar-refractivity contribution in [2.24, 2.45) is 0 Å². The highest BCUT2D eigenvalue weighted by Crippen LogP contribution is 2.22. The summed E-state index contributed by atoms with van der Waals surface area (Å²) in [7, 11) is 0.450. The van der Waals surface area contributed by atoms with Crippen molar-refractivity contribution in [2.45, 2.75) is 0 Å². The average molecular weight is 276 g/mol. The number of hydrogen-bond donors (Lipinski definition) is 3. The maximum absolute atomic E-state index is 11.6. The Labute approximate surface area is 103 Å². The van der Waals surface area contributed by atoms with Crippen molar-refractivity contribution >= 4 is 36.4 Å². The maximum atomic E-state index is 11.6. The molecule has 1 rings (SSSR count). The van der Waals surface area contributed by atoms with Crippen molar-refractivity contribution in [3.63, 3.8) is 0 Å². The molecule has 1 aliphatic heterocycles. The number of nitrogens with zero attached hydrogens (tertiary/aromatic N) is 3.